The van der Waals surface area contributed by atoms with Crippen LogP contribution in [0.3, 0.4) is 0 Å². The third kappa shape index (κ3) is 5.70. The van der Waals surface area contributed by atoms with E-state index in [4.69, 9.17) is 27.9 Å². The minimum Gasteiger partial charge on any atom is -0.467 e. The summed E-state index contributed by atoms with van der Waals surface area (Å²) in [5.74, 6) is -1.30. The smallest absolute Gasteiger partial charge is 0.328 e. The maximum Gasteiger partial charge on any atom is 0.328 e. The normalized spacial score (nSPS) is 11.4. The predicted octanol–water partition coefficient (Wildman–Crippen LogP) is 3.47. The summed E-state index contributed by atoms with van der Waals surface area (Å²) < 4.78 is 4.78. The number of nitrogens with one attached hydrogen (secondary N) is 2. The highest BCUT2D eigenvalue weighted by Gasteiger charge is 2.24. The van der Waals surface area contributed by atoms with Crippen LogP contribution in [0.2, 0.25) is 10.0 Å². The molecule has 0 spiro atoms. The molecule has 2 aromatic rings. The molecule has 27 heavy (non-hydrogen) atoms. The van der Waals surface area contributed by atoms with Gasteiger partial charge in [0, 0.05) is 34.6 Å². The number of anilines is 1. The summed E-state index contributed by atoms with van der Waals surface area (Å²) >= 11 is 12.3. The van der Waals surface area contributed by atoms with Crippen LogP contribution in [0, 0.1) is 0 Å². The molecule has 2 aromatic carbocycles. The van der Waals surface area contributed by atoms with Crippen LogP contribution in [0.5, 0.6) is 0 Å². The lowest BCUT2D eigenvalue weighted by Gasteiger charge is -2.18. The molecule has 0 bridgehead atoms. The molecule has 2 N–H and O–H groups in total. The third-order valence-electron chi connectivity index (χ3n) is 3.73. The van der Waals surface area contributed by atoms with Crippen molar-refractivity contribution >= 4 is 46.7 Å². The molecule has 142 valence electrons. The lowest BCUT2D eigenvalue weighted by atomic mass is 10.0. The van der Waals surface area contributed by atoms with Crippen LogP contribution in [0.4, 0.5) is 5.69 Å². The highest BCUT2D eigenvalue weighted by atomic mass is 35.5. The Morgan fingerprint density at radius 2 is 1.63 bits per heavy atom. The largest absolute Gasteiger partial charge is 0.467 e. The zero-order chi connectivity index (χ0) is 20.0. The van der Waals surface area contributed by atoms with Crippen molar-refractivity contribution in [2.75, 3.05) is 12.4 Å². The van der Waals surface area contributed by atoms with Gasteiger partial charge < -0.3 is 15.4 Å². The summed E-state index contributed by atoms with van der Waals surface area (Å²) in [6.07, 6.45) is 0.0842. The van der Waals surface area contributed by atoms with Crippen LogP contribution < -0.4 is 10.6 Å². The number of ether oxygens (including phenoxy) is 1. The predicted molar refractivity (Wildman–Crippen MR) is 104 cm³/mol. The van der Waals surface area contributed by atoms with Gasteiger partial charge in [0.05, 0.1) is 7.11 Å². The highest BCUT2D eigenvalue weighted by molar-refractivity contribution is 6.36. The summed E-state index contributed by atoms with van der Waals surface area (Å²) in [6, 6.07) is 10.3. The molecule has 0 radical (unpaired) electrons. The Morgan fingerprint density at radius 3 is 2.15 bits per heavy atom. The van der Waals surface area contributed by atoms with Crippen LogP contribution in [-0.4, -0.2) is 30.9 Å². The molecule has 0 unspecified atom stereocenters. The summed E-state index contributed by atoms with van der Waals surface area (Å²) in [7, 11) is 1.23. The van der Waals surface area contributed by atoms with Crippen molar-refractivity contribution in [3.8, 4) is 0 Å². The van der Waals surface area contributed by atoms with E-state index in [1.807, 2.05) is 0 Å². The van der Waals surface area contributed by atoms with Gasteiger partial charge in [0.1, 0.15) is 6.04 Å². The van der Waals surface area contributed by atoms with Crippen molar-refractivity contribution < 1.29 is 19.1 Å². The number of esters is 1. The number of halogens is 2. The van der Waals surface area contributed by atoms with Gasteiger partial charge in [-0.2, -0.15) is 0 Å². The minimum absolute atomic E-state index is 0.0842. The van der Waals surface area contributed by atoms with E-state index in [0.29, 0.717) is 26.9 Å². The Bertz CT molecular complexity index is 833. The van der Waals surface area contributed by atoms with Gasteiger partial charge >= 0.3 is 5.97 Å². The maximum absolute atomic E-state index is 12.5. The first-order valence-corrected chi connectivity index (χ1v) is 8.76. The molecule has 0 heterocycles. The lowest BCUT2D eigenvalue weighted by Crippen LogP contribution is -2.43. The molecule has 0 saturated carbocycles. The molecule has 2 amide bonds. The number of methoxy groups -OCH3 is 1. The van der Waals surface area contributed by atoms with Crippen molar-refractivity contribution in [1.29, 1.82) is 0 Å². The number of hydrogen-bond donors (Lipinski definition) is 2. The number of rotatable bonds is 6. The second-order valence-electron chi connectivity index (χ2n) is 5.71. The first kappa shape index (κ1) is 20.7. The van der Waals surface area contributed by atoms with E-state index in [1.165, 1.54) is 26.2 Å². The SMILES string of the molecule is COC(=O)[C@H](Cc1c(Cl)cccc1Cl)NC(=O)c1ccc(NC(C)=O)cc1. The molecule has 0 fully saturated rings. The number of carbonyl (C=O) groups is 3. The fourth-order valence-electron chi connectivity index (χ4n) is 2.42. The maximum atomic E-state index is 12.5. The number of carbonyl (C=O) groups excluding carboxylic acids is 3. The monoisotopic (exact) mass is 408 g/mol. The van der Waals surface area contributed by atoms with Gasteiger partial charge in [-0.25, -0.2) is 4.79 Å². The van der Waals surface area contributed by atoms with E-state index < -0.39 is 17.9 Å². The van der Waals surface area contributed by atoms with Crippen molar-refractivity contribution in [1.82, 2.24) is 5.32 Å². The average Bonchev–Trinajstić information content (AvgIpc) is 2.63. The topological polar surface area (TPSA) is 84.5 Å². The Balaban J connectivity index is 2.17. The second kappa shape index (κ2) is 9.39. The van der Waals surface area contributed by atoms with Gasteiger partial charge in [0.15, 0.2) is 0 Å². The van der Waals surface area contributed by atoms with Crippen LogP contribution in [0.15, 0.2) is 42.5 Å². The molecule has 0 aliphatic heterocycles. The van der Waals surface area contributed by atoms with Crippen LogP contribution in [0.1, 0.15) is 22.8 Å². The van der Waals surface area contributed by atoms with Gasteiger partial charge in [-0.3, -0.25) is 9.59 Å². The molecule has 8 heteroatoms. The van der Waals surface area contributed by atoms with Gasteiger partial charge in [-0.1, -0.05) is 29.3 Å². The molecule has 6 nitrogen and oxygen atoms in total. The molecule has 1 atom stereocenters. The first-order valence-electron chi connectivity index (χ1n) is 8.01. The molecule has 0 saturated heterocycles. The van der Waals surface area contributed by atoms with Gasteiger partial charge in [-0.05, 0) is 42.0 Å². The van der Waals surface area contributed by atoms with Gasteiger partial charge in [0.25, 0.3) is 5.91 Å². The highest BCUT2D eigenvalue weighted by Crippen LogP contribution is 2.26. The molecule has 2 rings (SSSR count). The number of benzene rings is 2. The van der Waals surface area contributed by atoms with E-state index in [2.05, 4.69) is 10.6 Å². The molecule has 0 aliphatic rings. The van der Waals surface area contributed by atoms with Crippen molar-refractivity contribution in [2.45, 2.75) is 19.4 Å². The summed E-state index contributed by atoms with van der Waals surface area (Å²) in [6.45, 7) is 1.39. The standard InChI is InChI=1S/C19H18Cl2N2O4/c1-11(24)22-13-8-6-12(7-9-13)18(25)23-17(19(26)27-2)10-14-15(20)4-3-5-16(14)21/h3-9,17H,10H2,1-2H3,(H,22,24)(H,23,25)/t17-/m0/s1. The van der Waals surface area contributed by atoms with Crippen LogP contribution >= 0.6 is 23.2 Å². The zero-order valence-corrected chi connectivity index (χ0v) is 16.2. The molecule has 0 aromatic heterocycles. The first-order chi connectivity index (χ1) is 12.8. The van der Waals surface area contributed by atoms with Crippen LogP contribution in [0.25, 0.3) is 0 Å². The van der Waals surface area contributed by atoms with E-state index in [9.17, 15) is 14.4 Å². The van der Waals surface area contributed by atoms with Crippen molar-refractivity contribution in [3.63, 3.8) is 0 Å². The minimum atomic E-state index is -0.963. The van der Waals surface area contributed by atoms with E-state index >= 15 is 0 Å². The molecule has 0 aliphatic carbocycles. The molecular formula is C19H18Cl2N2O4. The zero-order valence-electron chi connectivity index (χ0n) is 14.7. The number of amides is 2. The van der Waals surface area contributed by atoms with Crippen molar-refractivity contribution in [3.05, 3.63) is 63.6 Å². The van der Waals surface area contributed by atoms with Crippen LogP contribution in [-0.2, 0) is 20.7 Å². The van der Waals surface area contributed by atoms with Gasteiger partial charge in [-0.15, -0.1) is 0 Å². The Kier molecular flexibility index (Phi) is 7.21. The van der Waals surface area contributed by atoms with E-state index in [0.717, 1.165) is 0 Å². The fourth-order valence-corrected chi connectivity index (χ4v) is 2.97. The van der Waals surface area contributed by atoms with E-state index in [1.54, 1.807) is 30.3 Å². The second-order valence-corrected chi connectivity index (χ2v) is 6.53. The third-order valence-corrected chi connectivity index (χ3v) is 4.44. The summed E-state index contributed by atoms with van der Waals surface area (Å²) in [5.41, 5.74) is 1.42. The fraction of sp³-hybridized carbons (Fsp3) is 0.211. The average molecular weight is 409 g/mol. The molecular weight excluding hydrogens is 391 g/mol. The summed E-state index contributed by atoms with van der Waals surface area (Å²) in [4.78, 5) is 35.7. The Labute approximate surface area is 166 Å². The van der Waals surface area contributed by atoms with Crippen molar-refractivity contribution in [2.24, 2.45) is 0 Å². The lowest BCUT2D eigenvalue weighted by molar-refractivity contribution is -0.142. The Morgan fingerprint density at radius 1 is 1.04 bits per heavy atom. The van der Waals surface area contributed by atoms with E-state index in [-0.39, 0.29) is 12.3 Å². The summed E-state index contributed by atoms with van der Waals surface area (Å²) in [5, 5.41) is 6.03. The Hall–Kier alpha value is -2.57. The number of hydrogen-bond acceptors (Lipinski definition) is 4. The van der Waals surface area contributed by atoms with Gasteiger partial charge in [0.2, 0.25) is 5.91 Å². The quantitative estimate of drug-likeness (QED) is 0.716.